The molecular weight excluding hydrogens is 497 g/mol. The lowest BCUT2D eigenvalue weighted by Gasteiger charge is -2.58. The highest BCUT2D eigenvalue weighted by Gasteiger charge is 2.59. The van der Waals surface area contributed by atoms with Gasteiger partial charge in [0.05, 0.1) is 6.61 Å². The third-order valence-corrected chi connectivity index (χ3v) is 11.8. The number of hydrogen-bond donors (Lipinski definition) is 2. The summed E-state index contributed by atoms with van der Waals surface area (Å²) >= 11 is 0. The second-order valence-corrected chi connectivity index (χ2v) is 14.8. The van der Waals surface area contributed by atoms with Crippen molar-refractivity contribution in [3.63, 3.8) is 0 Å². The summed E-state index contributed by atoms with van der Waals surface area (Å²) in [7, 11) is -2.90. The summed E-state index contributed by atoms with van der Waals surface area (Å²) in [5.41, 5.74) is 2.29. The monoisotopic (exact) mass is 551 g/mol. The van der Waals surface area contributed by atoms with E-state index in [9.17, 15) is 9.36 Å². The van der Waals surface area contributed by atoms with Crippen LogP contribution in [0.15, 0.2) is 11.6 Å². The Morgan fingerprint density at radius 1 is 1.11 bits per heavy atom. The molecular formula is C31H54NO5P. The van der Waals surface area contributed by atoms with E-state index in [-0.39, 0.29) is 18.1 Å². The summed E-state index contributed by atoms with van der Waals surface area (Å²) in [6, 6.07) is 0. The Bertz CT molecular complexity index is 876. The predicted octanol–water partition coefficient (Wildman–Crippen LogP) is 7.91. The average molecular weight is 552 g/mol. The average Bonchev–Trinajstić information content (AvgIpc) is 3.21. The summed E-state index contributed by atoms with van der Waals surface area (Å²) in [6.45, 7) is 13.0. The summed E-state index contributed by atoms with van der Waals surface area (Å²) in [5, 5.41) is 2.76. The predicted molar refractivity (Wildman–Crippen MR) is 153 cm³/mol. The molecule has 3 fully saturated rings. The number of hydrogen-bond acceptors (Lipinski definition) is 4. The van der Waals surface area contributed by atoms with E-state index in [1.165, 1.54) is 56.9 Å². The Morgan fingerprint density at radius 3 is 2.63 bits per heavy atom. The van der Waals surface area contributed by atoms with Crippen molar-refractivity contribution in [3.05, 3.63) is 11.6 Å². The SMILES string of the molecule is CC(C)CCC[C@@H](C)[C@H]1CCC2C3CC=C4CC(OC(=O)NCCCO[PH](=O)O)CC[C@]4(C)C3CC[C@@]21C. The van der Waals surface area contributed by atoms with E-state index in [1.54, 1.807) is 0 Å². The molecule has 9 atom stereocenters. The molecule has 0 bridgehead atoms. The third-order valence-electron chi connectivity index (χ3n) is 11.3. The Hall–Kier alpha value is -0.840. The van der Waals surface area contributed by atoms with Crippen molar-refractivity contribution >= 4 is 14.3 Å². The van der Waals surface area contributed by atoms with Gasteiger partial charge < -0.3 is 19.5 Å². The molecule has 0 saturated heterocycles. The standard InChI is InChI=1S/C31H54NO5P/c1-21(2)8-6-9-22(3)26-12-13-27-25-11-10-23-20-24(37-29(33)32-18-7-19-36-38(34)35)14-16-30(23,4)28(25)15-17-31(26,27)5/h10,21-22,24-28,38H,6-9,11-20H2,1-5H3,(H,32,33)(H,34,35)/t22-,24?,25?,26-,27?,28?,30+,31-/m1/s1. The van der Waals surface area contributed by atoms with Crippen LogP contribution in [-0.2, 0) is 13.8 Å². The first-order valence-electron chi connectivity index (χ1n) is 15.5. The normalized spacial score (nSPS) is 38.0. The fraction of sp³-hybridized carbons (Fsp3) is 0.903. The zero-order chi connectivity index (χ0) is 27.5. The van der Waals surface area contributed by atoms with Crippen LogP contribution < -0.4 is 5.32 Å². The number of carbonyl (C=O) groups is 1. The zero-order valence-corrected chi connectivity index (χ0v) is 25.6. The molecule has 0 aromatic carbocycles. The van der Waals surface area contributed by atoms with Crippen molar-refractivity contribution in [2.24, 2.45) is 46.3 Å². The van der Waals surface area contributed by atoms with Crippen molar-refractivity contribution in [2.45, 2.75) is 118 Å². The van der Waals surface area contributed by atoms with Gasteiger partial charge in [-0.3, -0.25) is 4.57 Å². The van der Waals surface area contributed by atoms with Gasteiger partial charge in [-0.25, -0.2) is 4.79 Å². The van der Waals surface area contributed by atoms with E-state index in [1.807, 2.05) is 0 Å². The molecule has 38 heavy (non-hydrogen) atoms. The van der Waals surface area contributed by atoms with E-state index in [0.29, 0.717) is 18.4 Å². The number of carbonyl (C=O) groups excluding carboxylic acids is 1. The van der Waals surface area contributed by atoms with Crippen molar-refractivity contribution < 1.29 is 23.5 Å². The highest BCUT2D eigenvalue weighted by molar-refractivity contribution is 7.32. The molecule has 4 aliphatic rings. The summed E-state index contributed by atoms with van der Waals surface area (Å²) in [6.07, 6.45) is 16.4. The first-order valence-corrected chi connectivity index (χ1v) is 16.8. The molecule has 2 N–H and O–H groups in total. The minimum Gasteiger partial charge on any atom is -0.446 e. The van der Waals surface area contributed by atoms with Gasteiger partial charge in [-0.15, -0.1) is 0 Å². The van der Waals surface area contributed by atoms with Gasteiger partial charge >= 0.3 is 14.3 Å². The smallest absolute Gasteiger partial charge is 0.407 e. The van der Waals surface area contributed by atoms with Gasteiger partial charge in [0.1, 0.15) is 6.10 Å². The molecule has 3 saturated carbocycles. The maximum atomic E-state index is 12.3. The minimum atomic E-state index is -2.90. The van der Waals surface area contributed by atoms with Gasteiger partial charge in [-0.2, -0.15) is 0 Å². The molecule has 0 aromatic heterocycles. The van der Waals surface area contributed by atoms with Crippen LogP contribution in [0.2, 0.25) is 0 Å². The van der Waals surface area contributed by atoms with Crippen LogP contribution in [0, 0.1) is 46.3 Å². The van der Waals surface area contributed by atoms with Crippen LogP contribution in [0.4, 0.5) is 4.79 Å². The molecule has 5 unspecified atom stereocenters. The molecule has 4 rings (SSSR count). The van der Waals surface area contributed by atoms with Crippen molar-refractivity contribution in [1.82, 2.24) is 5.32 Å². The number of ether oxygens (including phenoxy) is 1. The lowest BCUT2D eigenvalue weighted by atomic mass is 9.47. The van der Waals surface area contributed by atoms with E-state index in [2.05, 4.69) is 50.5 Å². The highest BCUT2D eigenvalue weighted by Crippen LogP contribution is 2.67. The van der Waals surface area contributed by atoms with Gasteiger partial charge in [0, 0.05) is 13.0 Å². The first kappa shape index (κ1) is 30.1. The number of amides is 1. The Balaban J connectivity index is 1.32. The minimum absolute atomic E-state index is 0.0626. The fourth-order valence-corrected chi connectivity index (χ4v) is 9.69. The first-order chi connectivity index (χ1) is 18.0. The van der Waals surface area contributed by atoms with Gasteiger partial charge in [-0.05, 0) is 97.7 Å². The van der Waals surface area contributed by atoms with E-state index in [0.717, 1.165) is 54.8 Å². The van der Waals surface area contributed by atoms with E-state index < -0.39 is 14.3 Å². The second kappa shape index (κ2) is 12.8. The molecule has 4 aliphatic carbocycles. The molecule has 0 aliphatic heterocycles. The lowest BCUT2D eigenvalue weighted by Crippen LogP contribution is -2.51. The van der Waals surface area contributed by atoms with Crippen LogP contribution >= 0.6 is 8.25 Å². The van der Waals surface area contributed by atoms with Gasteiger partial charge in [0.2, 0.25) is 0 Å². The van der Waals surface area contributed by atoms with Crippen LogP contribution in [0.3, 0.4) is 0 Å². The van der Waals surface area contributed by atoms with Crippen LogP contribution in [-0.4, -0.2) is 30.2 Å². The molecule has 0 radical (unpaired) electrons. The Labute approximate surface area is 232 Å². The topological polar surface area (TPSA) is 84.9 Å². The highest BCUT2D eigenvalue weighted by atomic mass is 31.1. The van der Waals surface area contributed by atoms with Crippen molar-refractivity contribution in [1.29, 1.82) is 0 Å². The van der Waals surface area contributed by atoms with Gasteiger partial charge in [-0.1, -0.05) is 65.5 Å². The van der Waals surface area contributed by atoms with Crippen molar-refractivity contribution in [2.75, 3.05) is 13.2 Å². The van der Waals surface area contributed by atoms with Crippen LogP contribution in [0.5, 0.6) is 0 Å². The third kappa shape index (κ3) is 6.55. The number of allylic oxidation sites excluding steroid dienone is 1. The fourth-order valence-electron chi connectivity index (χ4n) is 9.37. The van der Waals surface area contributed by atoms with E-state index in [4.69, 9.17) is 9.63 Å². The quantitative estimate of drug-likeness (QED) is 0.155. The molecule has 0 heterocycles. The number of rotatable bonds is 11. The zero-order valence-electron chi connectivity index (χ0n) is 24.6. The van der Waals surface area contributed by atoms with Crippen LogP contribution in [0.1, 0.15) is 112 Å². The largest absolute Gasteiger partial charge is 0.446 e. The van der Waals surface area contributed by atoms with E-state index >= 15 is 0 Å². The number of fused-ring (bicyclic) bond motifs is 5. The van der Waals surface area contributed by atoms with Gasteiger partial charge in [0.25, 0.3) is 0 Å². The summed E-state index contributed by atoms with van der Waals surface area (Å²) in [5.74, 6) is 4.99. The lowest BCUT2D eigenvalue weighted by molar-refractivity contribution is -0.0581. The second-order valence-electron chi connectivity index (χ2n) is 14.0. The maximum absolute atomic E-state index is 12.3. The molecule has 7 heteroatoms. The molecule has 218 valence electrons. The van der Waals surface area contributed by atoms with Crippen molar-refractivity contribution in [3.8, 4) is 0 Å². The Kier molecular flexibility index (Phi) is 10.1. The molecule has 1 amide bonds. The number of nitrogens with one attached hydrogen (secondary N) is 1. The molecule has 0 spiro atoms. The molecule has 6 nitrogen and oxygen atoms in total. The molecule has 0 aromatic rings. The number of alkyl carbamates (subject to hydrolysis) is 1. The summed E-state index contributed by atoms with van der Waals surface area (Å²) in [4.78, 5) is 21.0. The van der Waals surface area contributed by atoms with Gasteiger partial charge in [0.15, 0.2) is 0 Å². The maximum Gasteiger partial charge on any atom is 0.407 e. The van der Waals surface area contributed by atoms with Crippen LogP contribution in [0.25, 0.3) is 0 Å². The Morgan fingerprint density at radius 2 is 1.89 bits per heavy atom. The summed E-state index contributed by atoms with van der Waals surface area (Å²) < 4.78 is 21.0.